The summed E-state index contributed by atoms with van der Waals surface area (Å²) in [5.41, 5.74) is 0. The smallest absolute Gasteiger partial charge is 1.00 e. The summed E-state index contributed by atoms with van der Waals surface area (Å²) < 4.78 is 0. The predicted molar refractivity (Wildman–Crippen MR) is 69.7 cm³/mol. The van der Waals surface area contributed by atoms with Gasteiger partial charge in [-0.15, -0.1) is 0 Å². The van der Waals surface area contributed by atoms with Gasteiger partial charge in [0.25, 0.3) is 0 Å². The molecule has 0 amide bonds. The minimum Gasteiger partial charge on any atom is -1.00 e. The Kier molecular flexibility index (Phi) is 17.8. The van der Waals surface area contributed by atoms with Crippen LogP contribution in [0.5, 0.6) is 0 Å². The molecule has 0 rings (SSSR count). The fraction of sp³-hybridized carbons (Fsp3) is 0.786. The Labute approximate surface area is 120 Å². The van der Waals surface area contributed by atoms with E-state index in [1.165, 1.54) is 44.9 Å². The van der Waals surface area contributed by atoms with Gasteiger partial charge in [-0.05, 0) is 25.7 Å². The normalized spacial score (nSPS) is 10.4. The summed E-state index contributed by atoms with van der Waals surface area (Å²) >= 11 is 0. The van der Waals surface area contributed by atoms with Crippen molar-refractivity contribution >= 4 is 5.97 Å². The average molecular weight is 234 g/mol. The first-order valence-electron chi connectivity index (χ1n) is 6.64. The molecule has 0 bridgehead atoms. The Hall–Kier alpha value is -0.193. The van der Waals surface area contributed by atoms with Gasteiger partial charge in [0.2, 0.25) is 0 Å². The Morgan fingerprint density at radius 2 is 1.53 bits per heavy atom. The van der Waals surface area contributed by atoms with Crippen LogP contribution in [-0.4, -0.2) is 11.1 Å². The van der Waals surface area contributed by atoms with Gasteiger partial charge in [-0.25, -0.2) is 0 Å². The molecular formula is C14H27LiO2. The van der Waals surface area contributed by atoms with Crippen molar-refractivity contribution in [3.63, 3.8) is 0 Å². The Bertz CT molecular complexity index is 196. The van der Waals surface area contributed by atoms with Crippen molar-refractivity contribution in [1.29, 1.82) is 0 Å². The maximum atomic E-state index is 10.3. The largest absolute Gasteiger partial charge is 1.00 e. The third-order valence-corrected chi connectivity index (χ3v) is 2.65. The minimum absolute atomic E-state index is 0. The molecule has 0 spiro atoms. The van der Waals surface area contributed by atoms with Crippen molar-refractivity contribution < 1.29 is 30.2 Å². The van der Waals surface area contributed by atoms with Gasteiger partial charge in [0.15, 0.2) is 0 Å². The number of unbranched alkanes of at least 4 members (excludes halogenated alkanes) is 7. The molecular weight excluding hydrogens is 207 g/mol. The van der Waals surface area contributed by atoms with Crippen LogP contribution in [0.1, 0.15) is 72.6 Å². The van der Waals surface area contributed by atoms with Gasteiger partial charge < -0.3 is 6.53 Å². The molecule has 0 aliphatic carbocycles. The molecule has 96 valence electrons. The van der Waals surface area contributed by atoms with Crippen LogP contribution in [0.2, 0.25) is 0 Å². The van der Waals surface area contributed by atoms with E-state index in [4.69, 9.17) is 5.11 Å². The van der Waals surface area contributed by atoms with Crippen molar-refractivity contribution in [1.82, 2.24) is 0 Å². The van der Waals surface area contributed by atoms with Crippen LogP contribution in [0, 0.1) is 0 Å². The molecule has 3 heteroatoms. The van der Waals surface area contributed by atoms with Crippen LogP contribution in [0.15, 0.2) is 12.2 Å². The molecule has 0 radical (unpaired) electrons. The topological polar surface area (TPSA) is 37.3 Å². The van der Waals surface area contributed by atoms with Crippen molar-refractivity contribution in [2.75, 3.05) is 0 Å². The second kappa shape index (κ2) is 15.8. The van der Waals surface area contributed by atoms with Crippen molar-refractivity contribution in [3.05, 3.63) is 12.2 Å². The Morgan fingerprint density at radius 1 is 1.00 bits per heavy atom. The molecule has 0 aliphatic rings. The molecule has 0 saturated carbocycles. The number of carboxylic acid groups (broad SMARTS) is 1. The molecule has 0 unspecified atom stereocenters. The number of allylic oxidation sites excluding steroid dienone is 2. The molecule has 2 nitrogen and oxygen atoms in total. The van der Waals surface area contributed by atoms with Gasteiger partial charge >= 0.3 is 24.8 Å². The zero-order valence-electron chi connectivity index (χ0n) is 12.6. The zero-order valence-corrected chi connectivity index (χ0v) is 11.6. The third-order valence-electron chi connectivity index (χ3n) is 2.65. The summed E-state index contributed by atoms with van der Waals surface area (Å²) in [4.78, 5) is 10.3. The van der Waals surface area contributed by atoms with E-state index in [2.05, 4.69) is 19.1 Å². The fourth-order valence-corrected chi connectivity index (χ4v) is 1.63. The molecule has 0 aliphatic heterocycles. The van der Waals surface area contributed by atoms with E-state index in [-0.39, 0.29) is 20.3 Å². The summed E-state index contributed by atoms with van der Waals surface area (Å²) in [6, 6.07) is 0. The van der Waals surface area contributed by atoms with E-state index in [0.717, 1.165) is 12.8 Å². The third kappa shape index (κ3) is 18.4. The van der Waals surface area contributed by atoms with Crippen molar-refractivity contribution in [2.45, 2.75) is 71.1 Å². The van der Waals surface area contributed by atoms with Crippen LogP contribution in [-0.2, 0) is 4.79 Å². The molecule has 0 saturated heterocycles. The van der Waals surface area contributed by atoms with Crippen LogP contribution in [0.3, 0.4) is 0 Å². The first-order valence-corrected chi connectivity index (χ1v) is 6.64. The van der Waals surface area contributed by atoms with Gasteiger partial charge in [0.1, 0.15) is 0 Å². The molecule has 0 aromatic carbocycles. The van der Waals surface area contributed by atoms with Crippen molar-refractivity contribution in [3.8, 4) is 0 Å². The van der Waals surface area contributed by atoms with Crippen molar-refractivity contribution in [2.24, 2.45) is 0 Å². The SMILES string of the molecule is CCCCC=CCCCCCCCC(=O)O.[H-].[Li+]. The minimum atomic E-state index is -0.668. The van der Waals surface area contributed by atoms with Gasteiger partial charge in [0.05, 0.1) is 0 Å². The van der Waals surface area contributed by atoms with E-state index in [9.17, 15) is 4.79 Å². The summed E-state index contributed by atoms with van der Waals surface area (Å²) in [6.45, 7) is 2.21. The molecule has 0 heterocycles. The molecule has 0 aromatic heterocycles. The number of rotatable bonds is 11. The molecule has 0 aromatic rings. The molecule has 0 fully saturated rings. The zero-order chi connectivity index (χ0) is 12.1. The maximum Gasteiger partial charge on any atom is 1.00 e. The number of hydrogen-bond acceptors (Lipinski definition) is 1. The molecule has 1 N–H and O–H groups in total. The van der Waals surface area contributed by atoms with E-state index in [1.807, 2.05) is 0 Å². The summed E-state index contributed by atoms with van der Waals surface area (Å²) in [5.74, 6) is -0.668. The van der Waals surface area contributed by atoms with Crippen LogP contribution in [0.25, 0.3) is 0 Å². The summed E-state index contributed by atoms with van der Waals surface area (Å²) in [5, 5.41) is 8.45. The van der Waals surface area contributed by atoms with Gasteiger partial charge in [0, 0.05) is 6.42 Å². The van der Waals surface area contributed by atoms with Crippen LogP contribution in [0.4, 0.5) is 0 Å². The maximum absolute atomic E-state index is 10.3. The molecule has 0 atom stereocenters. The predicted octanol–water partition coefficient (Wildman–Crippen LogP) is 1.66. The number of aliphatic carboxylic acids is 1. The van der Waals surface area contributed by atoms with E-state index in [0.29, 0.717) is 6.42 Å². The first-order chi connectivity index (χ1) is 7.77. The van der Waals surface area contributed by atoms with Gasteiger partial charge in [-0.1, -0.05) is 51.2 Å². The second-order valence-electron chi connectivity index (χ2n) is 4.31. The monoisotopic (exact) mass is 234 g/mol. The summed E-state index contributed by atoms with van der Waals surface area (Å²) in [6.07, 6.45) is 15.4. The van der Waals surface area contributed by atoms with E-state index >= 15 is 0 Å². The van der Waals surface area contributed by atoms with E-state index in [1.54, 1.807) is 0 Å². The standard InChI is InChI=1S/C14H26O2.Li.H/c1-2-3-4-5-6-7-8-9-10-11-12-13-14(15)16;;/h5-6H,2-4,7-13H2,1H3,(H,15,16);;/q;+1;-1. The number of hydrogen-bond donors (Lipinski definition) is 1. The second-order valence-corrected chi connectivity index (χ2v) is 4.31. The first kappa shape index (κ1) is 19.2. The summed E-state index contributed by atoms with van der Waals surface area (Å²) in [7, 11) is 0. The quantitative estimate of drug-likeness (QED) is 0.335. The fourth-order valence-electron chi connectivity index (χ4n) is 1.63. The Balaban J connectivity index is -0.00000112. The molecule has 17 heavy (non-hydrogen) atoms. The van der Waals surface area contributed by atoms with Crippen LogP contribution >= 0.6 is 0 Å². The Morgan fingerprint density at radius 3 is 2.12 bits per heavy atom. The van der Waals surface area contributed by atoms with E-state index < -0.39 is 5.97 Å². The van der Waals surface area contributed by atoms with Gasteiger partial charge in [-0.3, -0.25) is 4.79 Å². The van der Waals surface area contributed by atoms with Crippen LogP contribution < -0.4 is 18.9 Å². The number of carboxylic acids is 1. The average Bonchev–Trinajstić information content (AvgIpc) is 2.25. The number of carbonyl (C=O) groups is 1. The van der Waals surface area contributed by atoms with Gasteiger partial charge in [-0.2, -0.15) is 0 Å².